The van der Waals surface area contributed by atoms with Crippen molar-refractivity contribution in [2.75, 3.05) is 31.7 Å². The zero-order valence-electron chi connectivity index (χ0n) is 17.0. The summed E-state index contributed by atoms with van der Waals surface area (Å²) in [6.45, 7) is 1.88. The molecule has 1 saturated heterocycles. The Morgan fingerprint density at radius 2 is 2.07 bits per heavy atom. The second-order valence-corrected chi connectivity index (χ2v) is 7.93. The first-order valence-electron chi connectivity index (χ1n) is 10.2. The molecule has 2 fully saturated rings. The lowest BCUT2D eigenvalue weighted by Gasteiger charge is -2.35. The van der Waals surface area contributed by atoms with Gasteiger partial charge in [0.25, 0.3) is 0 Å². The average molecular weight is 400 g/mol. The lowest BCUT2D eigenvalue weighted by molar-refractivity contribution is -0.178. The third-order valence-electron chi connectivity index (χ3n) is 6.13. The van der Waals surface area contributed by atoms with Crippen molar-refractivity contribution in [1.82, 2.24) is 15.1 Å². The van der Waals surface area contributed by atoms with E-state index in [1.165, 1.54) is 5.56 Å². The van der Waals surface area contributed by atoms with E-state index in [9.17, 15) is 9.59 Å². The lowest BCUT2D eigenvalue weighted by Crippen LogP contribution is -2.34. The molecule has 0 bridgehead atoms. The number of imide groups is 1. The summed E-state index contributed by atoms with van der Waals surface area (Å²) < 4.78 is 13.7. The monoisotopic (exact) mass is 400 g/mol. The molecule has 0 radical (unpaired) electrons. The third kappa shape index (κ3) is 3.86. The van der Waals surface area contributed by atoms with E-state index >= 15 is 0 Å². The Morgan fingerprint density at radius 1 is 1.34 bits per heavy atom. The van der Waals surface area contributed by atoms with Crippen LogP contribution in [0.4, 0.5) is 5.82 Å². The van der Waals surface area contributed by atoms with Gasteiger partial charge in [-0.15, -0.1) is 0 Å². The summed E-state index contributed by atoms with van der Waals surface area (Å²) in [5, 5.41) is 7.99. The van der Waals surface area contributed by atoms with Crippen LogP contribution in [0.3, 0.4) is 0 Å². The van der Waals surface area contributed by atoms with E-state index in [1.54, 1.807) is 0 Å². The van der Waals surface area contributed by atoms with E-state index < -0.39 is 0 Å². The van der Waals surface area contributed by atoms with Crippen LogP contribution in [0.5, 0.6) is 0 Å². The highest BCUT2D eigenvalue weighted by Crippen LogP contribution is 2.44. The maximum absolute atomic E-state index is 11.6. The highest BCUT2D eigenvalue weighted by molar-refractivity contribution is 5.93. The number of hydrogen-bond acceptors (Lipinski definition) is 6. The number of anilines is 1. The number of para-hydroxylation sites is 1. The molecule has 1 spiro atoms. The molecule has 1 aromatic heterocycles. The largest absolute Gasteiger partial charge is 0.357 e. The SMILES string of the molecule is CN(CCC(=O)NC=O)c1nn(C)c2c(C3CCC4(CC3)OCCO4)cccc12. The van der Waals surface area contributed by atoms with Crippen molar-refractivity contribution in [3.63, 3.8) is 0 Å². The van der Waals surface area contributed by atoms with Gasteiger partial charge in [0.15, 0.2) is 11.6 Å². The van der Waals surface area contributed by atoms with Crippen molar-refractivity contribution in [2.24, 2.45) is 7.05 Å². The van der Waals surface area contributed by atoms with Crippen molar-refractivity contribution < 1.29 is 19.1 Å². The summed E-state index contributed by atoms with van der Waals surface area (Å²) in [6, 6.07) is 6.36. The molecule has 8 heteroatoms. The number of ether oxygens (including phenoxy) is 2. The smallest absolute Gasteiger partial charge is 0.228 e. The Labute approximate surface area is 170 Å². The van der Waals surface area contributed by atoms with Gasteiger partial charge >= 0.3 is 0 Å². The van der Waals surface area contributed by atoms with E-state index in [4.69, 9.17) is 14.6 Å². The molecule has 8 nitrogen and oxygen atoms in total. The molecule has 1 aliphatic heterocycles. The fourth-order valence-electron chi connectivity index (χ4n) is 4.63. The number of carbonyl (C=O) groups excluding carboxylic acids is 2. The first kappa shape index (κ1) is 19.8. The predicted octanol–water partition coefficient (Wildman–Crippen LogP) is 2.07. The van der Waals surface area contributed by atoms with Gasteiger partial charge in [-0.2, -0.15) is 5.10 Å². The number of hydrogen-bond donors (Lipinski definition) is 1. The Hall–Kier alpha value is -2.45. The number of fused-ring (bicyclic) bond motifs is 1. The molecule has 1 N–H and O–H groups in total. The molecule has 2 aromatic rings. The Balaban J connectivity index is 1.54. The molecule has 2 amide bonds. The molecular weight excluding hydrogens is 372 g/mol. The van der Waals surface area contributed by atoms with E-state index in [2.05, 4.69) is 23.5 Å². The number of amides is 2. The number of benzene rings is 1. The third-order valence-corrected chi connectivity index (χ3v) is 6.13. The molecule has 2 aliphatic rings. The minimum Gasteiger partial charge on any atom is -0.357 e. The van der Waals surface area contributed by atoms with Crippen LogP contribution in [0.1, 0.15) is 43.6 Å². The van der Waals surface area contributed by atoms with Crippen LogP contribution in [0.15, 0.2) is 18.2 Å². The van der Waals surface area contributed by atoms with Gasteiger partial charge in [0, 0.05) is 45.3 Å². The van der Waals surface area contributed by atoms with Crippen molar-refractivity contribution in [3.05, 3.63) is 23.8 Å². The first-order valence-corrected chi connectivity index (χ1v) is 10.2. The Bertz CT molecular complexity index is 893. The van der Waals surface area contributed by atoms with Crippen molar-refractivity contribution in [3.8, 4) is 0 Å². The zero-order chi connectivity index (χ0) is 20.4. The van der Waals surface area contributed by atoms with Crippen LogP contribution < -0.4 is 10.2 Å². The number of nitrogens with zero attached hydrogens (tertiary/aromatic N) is 3. The minimum absolute atomic E-state index is 0.234. The summed E-state index contributed by atoms with van der Waals surface area (Å²) in [4.78, 5) is 24.0. The number of nitrogens with one attached hydrogen (secondary N) is 1. The summed E-state index contributed by atoms with van der Waals surface area (Å²) in [5.41, 5.74) is 2.45. The van der Waals surface area contributed by atoms with E-state index in [0.29, 0.717) is 32.1 Å². The van der Waals surface area contributed by atoms with Gasteiger partial charge in [-0.05, 0) is 30.4 Å². The van der Waals surface area contributed by atoms with Gasteiger partial charge in [-0.25, -0.2) is 0 Å². The molecule has 4 rings (SSSR count). The fourth-order valence-corrected chi connectivity index (χ4v) is 4.63. The zero-order valence-corrected chi connectivity index (χ0v) is 17.0. The molecule has 29 heavy (non-hydrogen) atoms. The van der Waals surface area contributed by atoms with Gasteiger partial charge < -0.3 is 14.4 Å². The highest BCUT2D eigenvalue weighted by Gasteiger charge is 2.41. The van der Waals surface area contributed by atoms with Crippen molar-refractivity contribution >= 4 is 29.0 Å². The second-order valence-electron chi connectivity index (χ2n) is 7.93. The average Bonchev–Trinajstić information content (AvgIpc) is 3.32. The highest BCUT2D eigenvalue weighted by atomic mass is 16.7. The number of aryl methyl sites for hydroxylation is 1. The van der Waals surface area contributed by atoms with E-state index in [0.717, 1.165) is 42.4 Å². The topological polar surface area (TPSA) is 85.7 Å². The molecule has 1 aliphatic carbocycles. The number of rotatable bonds is 6. The van der Waals surface area contributed by atoms with Crippen LogP contribution in [-0.4, -0.2) is 54.7 Å². The second kappa shape index (κ2) is 8.12. The molecule has 0 unspecified atom stereocenters. The van der Waals surface area contributed by atoms with E-state index in [-0.39, 0.29) is 18.1 Å². The Morgan fingerprint density at radius 3 is 2.76 bits per heavy atom. The summed E-state index contributed by atoms with van der Waals surface area (Å²) in [5.74, 6) is 0.645. The molecule has 1 aromatic carbocycles. The number of aromatic nitrogens is 2. The maximum atomic E-state index is 11.6. The summed E-state index contributed by atoms with van der Waals surface area (Å²) in [7, 11) is 3.89. The normalized spacial score (nSPS) is 19.0. The van der Waals surface area contributed by atoms with Crippen LogP contribution >= 0.6 is 0 Å². The van der Waals surface area contributed by atoms with Crippen LogP contribution in [0, 0.1) is 0 Å². The maximum Gasteiger partial charge on any atom is 0.228 e. The lowest BCUT2D eigenvalue weighted by atomic mass is 9.80. The molecule has 0 atom stereocenters. The van der Waals surface area contributed by atoms with Crippen molar-refractivity contribution in [1.29, 1.82) is 0 Å². The van der Waals surface area contributed by atoms with Crippen LogP contribution in [0.25, 0.3) is 10.9 Å². The predicted molar refractivity (Wildman–Crippen MR) is 109 cm³/mol. The van der Waals surface area contributed by atoms with Crippen LogP contribution in [0.2, 0.25) is 0 Å². The summed E-state index contributed by atoms with van der Waals surface area (Å²) in [6.07, 6.45) is 4.55. The van der Waals surface area contributed by atoms with E-state index in [1.807, 2.05) is 23.7 Å². The van der Waals surface area contributed by atoms with Gasteiger partial charge in [0.05, 0.1) is 18.7 Å². The van der Waals surface area contributed by atoms with Gasteiger partial charge in [0.1, 0.15) is 0 Å². The first-order chi connectivity index (χ1) is 14.0. The molecule has 2 heterocycles. The minimum atomic E-state index is -0.357. The summed E-state index contributed by atoms with van der Waals surface area (Å²) >= 11 is 0. The molecular formula is C21H28N4O4. The Kier molecular flexibility index (Phi) is 5.56. The van der Waals surface area contributed by atoms with Gasteiger partial charge in [-0.1, -0.05) is 12.1 Å². The van der Waals surface area contributed by atoms with Gasteiger partial charge in [-0.3, -0.25) is 19.6 Å². The fraction of sp³-hybridized carbons (Fsp3) is 0.571. The molecule has 156 valence electrons. The quantitative estimate of drug-likeness (QED) is 0.747. The van der Waals surface area contributed by atoms with Crippen LogP contribution in [-0.2, 0) is 26.1 Å². The van der Waals surface area contributed by atoms with Gasteiger partial charge in [0.2, 0.25) is 12.3 Å². The number of carbonyl (C=O) groups is 2. The standard InChI is InChI=1S/C21H28N4O4/c1-24(11-8-18(27)22-14-26)20-17-5-3-4-16(19(17)25(2)23-20)15-6-9-21(10-7-15)28-12-13-29-21/h3-5,14-15H,6-13H2,1-2H3,(H,22,26,27). The molecule has 1 saturated carbocycles. The van der Waals surface area contributed by atoms with Crippen molar-refractivity contribution in [2.45, 2.75) is 43.8 Å².